The molecule has 1 aromatic carbocycles. The molecule has 0 aliphatic rings. The molecule has 1 rings (SSSR count). The standard InChI is InChI=1S/C14H22N2O/c1-11-6-4-7-12(10-11)14(2,3)16-13(17)8-5-9-15/h4,6-7,10H,5,8-9,15H2,1-3H3,(H,16,17). The van der Waals surface area contributed by atoms with Crippen LogP contribution in [0.25, 0.3) is 0 Å². The fourth-order valence-corrected chi connectivity index (χ4v) is 1.78. The molecular formula is C14H22N2O. The van der Waals surface area contributed by atoms with Crippen molar-refractivity contribution in [2.24, 2.45) is 5.73 Å². The number of hydrogen-bond donors (Lipinski definition) is 2. The predicted molar refractivity (Wildman–Crippen MR) is 70.6 cm³/mol. The van der Waals surface area contributed by atoms with Crippen LogP contribution in [0.15, 0.2) is 24.3 Å². The van der Waals surface area contributed by atoms with Crippen LogP contribution in [0, 0.1) is 6.92 Å². The molecule has 0 saturated carbocycles. The normalized spacial score (nSPS) is 11.3. The van der Waals surface area contributed by atoms with Gasteiger partial charge >= 0.3 is 0 Å². The molecule has 3 N–H and O–H groups in total. The number of nitrogens with one attached hydrogen (secondary N) is 1. The van der Waals surface area contributed by atoms with Crippen LogP contribution < -0.4 is 11.1 Å². The molecular weight excluding hydrogens is 212 g/mol. The van der Waals surface area contributed by atoms with Gasteiger partial charge in [-0.1, -0.05) is 29.8 Å². The van der Waals surface area contributed by atoms with Crippen molar-refractivity contribution in [3.05, 3.63) is 35.4 Å². The minimum atomic E-state index is -0.336. The van der Waals surface area contributed by atoms with E-state index in [1.807, 2.05) is 26.0 Å². The van der Waals surface area contributed by atoms with Gasteiger partial charge in [-0.3, -0.25) is 4.79 Å². The van der Waals surface area contributed by atoms with Crippen molar-refractivity contribution in [1.82, 2.24) is 5.32 Å². The van der Waals surface area contributed by atoms with E-state index in [2.05, 4.69) is 24.4 Å². The van der Waals surface area contributed by atoms with Gasteiger partial charge in [0, 0.05) is 6.42 Å². The predicted octanol–water partition coefficient (Wildman–Crippen LogP) is 2.09. The topological polar surface area (TPSA) is 55.1 Å². The smallest absolute Gasteiger partial charge is 0.220 e. The van der Waals surface area contributed by atoms with Gasteiger partial charge in [0.25, 0.3) is 0 Å². The highest BCUT2D eigenvalue weighted by Gasteiger charge is 2.22. The molecule has 0 heterocycles. The third kappa shape index (κ3) is 4.19. The largest absolute Gasteiger partial charge is 0.347 e. The van der Waals surface area contributed by atoms with Crippen LogP contribution in [0.3, 0.4) is 0 Å². The van der Waals surface area contributed by atoms with Crippen LogP contribution in [0.2, 0.25) is 0 Å². The molecule has 0 aliphatic carbocycles. The summed E-state index contributed by atoms with van der Waals surface area (Å²) in [6.07, 6.45) is 1.22. The Hall–Kier alpha value is -1.35. The maximum atomic E-state index is 11.7. The summed E-state index contributed by atoms with van der Waals surface area (Å²) in [5.74, 6) is 0.0574. The average molecular weight is 234 g/mol. The number of carbonyl (C=O) groups is 1. The second-order valence-electron chi connectivity index (χ2n) is 4.93. The number of amides is 1. The molecule has 17 heavy (non-hydrogen) atoms. The Morgan fingerprint density at radius 2 is 2.12 bits per heavy atom. The first kappa shape index (κ1) is 13.7. The zero-order valence-corrected chi connectivity index (χ0v) is 10.9. The molecule has 0 aliphatic heterocycles. The Morgan fingerprint density at radius 1 is 1.41 bits per heavy atom. The van der Waals surface area contributed by atoms with Crippen LogP contribution in [0.1, 0.15) is 37.8 Å². The van der Waals surface area contributed by atoms with Gasteiger partial charge in [0.15, 0.2) is 0 Å². The van der Waals surface area contributed by atoms with E-state index in [4.69, 9.17) is 5.73 Å². The molecule has 1 amide bonds. The second kappa shape index (κ2) is 5.82. The summed E-state index contributed by atoms with van der Waals surface area (Å²) >= 11 is 0. The van der Waals surface area contributed by atoms with E-state index in [-0.39, 0.29) is 11.4 Å². The fourth-order valence-electron chi connectivity index (χ4n) is 1.78. The van der Waals surface area contributed by atoms with Gasteiger partial charge in [0.2, 0.25) is 5.91 Å². The molecule has 0 unspecified atom stereocenters. The number of carbonyl (C=O) groups excluding carboxylic acids is 1. The van der Waals surface area contributed by atoms with Crippen molar-refractivity contribution in [2.75, 3.05) is 6.54 Å². The number of hydrogen-bond acceptors (Lipinski definition) is 2. The van der Waals surface area contributed by atoms with Crippen LogP contribution in [0.4, 0.5) is 0 Å². The van der Waals surface area contributed by atoms with Gasteiger partial charge in [0.05, 0.1) is 5.54 Å². The Morgan fingerprint density at radius 3 is 2.71 bits per heavy atom. The minimum Gasteiger partial charge on any atom is -0.347 e. The zero-order valence-electron chi connectivity index (χ0n) is 10.9. The SMILES string of the molecule is Cc1cccc(C(C)(C)NC(=O)CCCN)c1. The van der Waals surface area contributed by atoms with Gasteiger partial charge < -0.3 is 11.1 Å². The number of benzene rings is 1. The summed E-state index contributed by atoms with van der Waals surface area (Å²) in [6, 6.07) is 8.20. The molecule has 0 radical (unpaired) electrons. The fraction of sp³-hybridized carbons (Fsp3) is 0.500. The molecule has 0 fully saturated rings. The third-order valence-electron chi connectivity index (χ3n) is 2.80. The molecule has 0 atom stereocenters. The van der Waals surface area contributed by atoms with Crippen molar-refractivity contribution in [2.45, 2.75) is 39.2 Å². The maximum absolute atomic E-state index is 11.7. The summed E-state index contributed by atoms with van der Waals surface area (Å²) in [4.78, 5) is 11.7. The van der Waals surface area contributed by atoms with E-state index in [0.717, 1.165) is 12.0 Å². The Kier molecular flexibility index (Phi) is 4.70. The summed E-state index contributed by atoms with van der Waals surface area (Å²) in [6.45, 7) is 6.64. The van der Waals surface area contributed by atoms with E-state index in [1.165, 1.54) is 5.56 Å². The van der Waals surface area contributed by atoms with Crippen LogP contribution in [0.5, 0.6) is 0 Å². The van der Waals surface area contributed by atoms with Crippen LogP contribution >= 0.6 is 0 Å². The highest BCUT2D eigenvalue weighted by atomic mass is 16.1. The van der Waals surface area contributed by atoms with Gasteiger partial charge in [0.1, 0.15) is 0 Å². The van der Waals surface area contributed by atoms with Gasteiger partial charge in [-0.15, -0.1) is 0 Å². The Balaban J connectivity index is 2.71. The average Bonchev–Trinajstić information content (AvgIpc) is 2.26. The summed E-state index contributed by atoms with van der Waals surface area (Å²) in [7, 11) is 0. The van der Waals surface area contributed by atoms with E-state index < -0.39 is 0 Å². The highest BCUT2D eigenvalue weighted by Crippen LogP contribution is 2.21. The number of nitrogens with two attached hydrogens (primary N) is 1. The molecule has 0 aromatic heterocycles. The summed E-state index contributed by atoms with van der Waals surface area (Å²) in [5, 5.41) is 3.04. The maximum Gasteiger partial charge on any atom is 0.220 e. The third-order valence-corrected chi connectivity index (χ3v) is 2.80. The van der Waals surface area contributed by atoms with E-state index in [0.29, 0.717) is 13.0 Å². The summed E-state index contributed by atoms with van der Waals surface area (Å²) < 4.78 is 0. The first-order chi connectivity index (χ1) is 7.95. The zero-order chi connectivity index (χ0) is 12.9. The lowest BCUT2D eigenvalue weighted by molar-refractivity contribution is -0.122. The van der Waals surface area contributed by atoms with E-state index in [1.54, 1.807) is 0 Å². The number of aryl methyl sites for hydroxylation is 1. The first-order valence-corrected chi connectivity index (χ1v) is 6.04. The van der Waals surface area contributed by atoms with Gasteiger partial charge in [-0.25, -0.2) is 0 Å². The summed E-state index contributed by atoms with van der Waals surface area (Å²) in [5.41, 5.74) is 7.38. The van der Waals surface area contributed by atoms with Crippen molar-refractivity contribution in [3.63, 3.8) is 0 Å². The lowest BCUT2D eigenvalue weighted by Gasteiger charge is -2.27. The van der Waals surface area contributed by atoms with Crippen LogP contribution in [-0.2, 0) is 10.3 Å². The Labute approximate surface area is 103 Å². The van der Waals surface area contributed by atoms with Crippen LogP contribution in [-0.4, -0.2) is 12.5 Å². The molecule has 0 bridgehead atoms. The van der Waals surface area contributed by atoms with Crippen molar-refractivity contribution in [3.8, 4) is 0 Å². The number of rotatable bonds is 5. The quantitative estimate of drug-likeness (QED) is 0.819. The minimum absolute atomic E-state index is 0.0574. The Bertz CT molecular complexity index is 386. The lowest BCUT2D eigenvalue weighted by Crippen LogP contribution is -2.41. The molecule has 0 spiro atoms. The molecule has 3 nitrogen and oxygen atoms in total. The van der Waals surface area contributed by atoms with E-state index in [9.17, 15) is 4.79 Å². The van der Waals surface area contributed by atoms with Crippen molar-refractivity contribution < 1.29 is 4.79 Å². The van der Waals surface area contributed by atoms with Crippen molar-refractivity contribution >= 4 is 5.91 Å². The van der Waals surface area contributed by atoms with Gasteiger partial charge in [-0.2, -0.15) is 0 Å². The highest BCUT2D eigenvalue weighted by molar-refractivity contribution is 5.76. The van der Waals surface area contributed by atoms with Gasteiger partial charge in [-0.05, 0) is 39.3 Å². The molecule has 3 heteroatoms. The van der Waals surface area contributed by atoms with E-state index >= 15 is 0 Å². The monoisotopic (exact) mass is 234 g/mol. The van der Waals surface area contributed by atoms with Crippen molar-refractivity contribution in [1.29, 1.82) is 0 Å². The molecule has 0 saturated heterocycles. The first-order valence-electron chi connectivity index (χ1n) is 6.04. The second-order valence-corrected chi connectivity index (χ2v) is 4.93. The lowest BCUT2D eigenvalue weighted by atomic mass is 9.93. The molecule has 1 aromatic rings. The molecule has 94 valence electrons.